The lowest BCUT2D eigenvalue weighted by atomic mass is 10.1. The lowest BCUT2D eigenvalue weighted by molar-refractivity contribution is 0.0673. The smallest absolute Gasteiger partial charge is 0.276 e. The van der Waals surface area contributed by atoms with Crippen LogP contribution in [0.3, 0.4) is 0 Å². The molecule has 1 aliphatic heterocycles. The van der Waals surface area contributed by atoms with Gasteiger partial charge >= 0.3 is 0 Å². The van der Waals surface area contributed by atoms with Crippen molar-refractivity contribution >= 4 is 71.3 Å². The summed E-state index contributed by atoms with van der Waals surface area (Å²) in [6.07, 6.45) is -0.806. The van der Waals surface area contributed by atoms with E-state index in [0.717, 1.165) is 6.07 Å². The fraction of sp³-hybridized carbons (Fsp3) is 0.308. The number of hydrogen-bond acceptors (Lipinski definition) is 7. The summed E-state index contributed by atoms with van der Waals surface area (Å²) in [6, 6.07) is 10.9. The van der Waals surface area contributed by atoms with Gasteiger partial charge in [-0.05, 0) is 57.2 Å². The van der Waals surface area contributed by atoms with E-state index >= 15 is 0 Å². The predicted octanol–water partition coefficient (Wildman–Crippen LogP) is 5.56. The first-order valence-electron chi connectivity index (χ1n) is 11.9. The normalized spacial score (nSPS) is 17.2. The Morgan fingerprint density at radius 3 is 2.35 bits per heavy atom. The molecule has 4 N–H and O–H groups in total. The van der Waals surface area contributed by atoms with Crippen molar-refractivity contribution in [3.63, 3.8) is 0 Å². The number of anilines is 2. The van der Waals surface area contributed by atoms with Gasteiger partial charge in [0.05, 0.1) is 5.02 Å². The number of piperazine rings is 1. The number of aromatic nitrogens is 2. The van der Waals surface area contributed by atoms with Crippen LogP contribution in [0.4, 0.5) is 15.9 Å². The predicted molar refractivity (Wildman–Crippen MR) is 159 cm³/mol. The van der Waals surface area contributed by atoms with Crippen molar-refractivity contribution in [1.82, 2.24) is 20.4 Å². The Bertz CT molecular complexity index is 1360. The summed E-state index contributed by atoms with van der Waals surface area (Å²) in [5.74, 6) is -1.30. The fourth-order valence-corrected chi connectivity index (χ4v) is 5.00. The molecule has 40 heavy (non-hydrogen) atoms. The number of nitrogens with two attached hydrogens (primary N) is 1. The summed E-state index contributed by atoms with van der Waals surface area (Å²) in [5, 5.41) is 13.8. The van der Waals surface area contributed by atoms with Gasteiger partial charge in [0.2, 0.25) is 0 Å². The minimum atomic E-state index is -0.806. The third-order valence-corrected chi connectivity index (χ3v) is 6.76. The van der Waals surface area contributed by atoms with Crippen molar-refractivity contribution in [2.45, 2.75) is 39.0 Å². The van der Waals surface area contributed by atoms with E-state index in [1.807, 2.05) is 18.7 Å². The first-order valence-corrected chi connectivity index (χ1v) is 12.7. The van der Waals surface area contributed by atoms with Crippen LogP contribution in [0, 0.1) is 5.82 Å². The van der Waals surface area contributed by atoms with Gasteiger partial charge in [-0.1, -0.05) is 23.2 Å². The maximum Gasteiger partial charge on any atom is 0.276 e. The average Bonchev–Trinajstić information content (AvgIpc) is 2.87. The van der Waals surface area contributed by atoms with Crippen LogP contribution in [0.25, 0.3) is 0 Å². The van der Waals surface area contributed by atoms with E-state index in [0.29, 0.717) is 24.3 Å². The van der Waals surface area contributed by atoms with Gasteiger partial charge in [0, 0.05) is 53.1 Å². The molecule has 0 radical (unpaired) electrons. The number of halogens is 5. The van der Waals surface area contributed by atoms with Crippen molar-refractivity contribution < 1.29 is 18.7 Å². The summed E-state index contributed by atoms with van der Waals surface area (Å²) in [5.41, 5.74) is 7.04. The molecule has 3 atom stereocenters. The van der Waals surface area contributed by atoms with Crippen LogP contribution in [0.1, 0.15) is 53.3 Å². The maximum absolute atomic E-state index is 13.9. The average molecular weight is 634 g/mol. The van der Waals surface area contributed by atoms with Crippen molar-refractivity contribution in [3.8, 4) is 5.75 Å². The van der Waals surface area contributed by atoms with Gasteiger partial charge in [-0.2, -0.15) is 0 Å². The third kappa shape index (κ3) is 7.64. The molecule has 0 spiro atoms. The van der Waals surface area contributed by atoms with Gasteiger partial charge in [-0.25, -0.2) is 4.39 Å². The molecule has 216 valence electrons. The van der Waals surface area contributed by atoms with Gasteiger partial charge in [-0.15, -0.1) is 35.0 Å². The Hall–Kier alpha value is -2.89. The van der Waals surface area contributed by atoms with Gasteiger partial charge in [0.15, 0.2) is 17.3 Å². The van der Waals surface area contributed by atoms with Crippen LogP contribution < -0.4 is 21.1 Å². The summed E-state index contributed by atoms with van der Waals surface area (Å²) < 4.78 is 19.8. The van der Waals surface area contributed by atoms with E-state index in [9.17, 15) is 14.0 Å². The van der Waals surface area contributed by atoms with Gasteiger partial charge in [-0.3, -0.25) is 9.59 Å². The Balaban J connectivity index is 0.00000280. The van der Waals surface area contributed by atoms with E-state index in [-0.39, 0.29) is 75.7 Å². The fourth-order valence-electron chi connectivity index (χ4n) is 4.32. The highest BCUT2D eigenvalue weighted by Crippen LogP contribution is 2.35. The monoisotopic (exact) mass is 632 g/mol. The number of amides is 2. The molecule has 1 fully saturated rings. The van der Waals surface area contributed by atoms with Gasteiger partial charge < -0.3 is 26.0 Å². The number of carbonyl (C=O) groups excluding carboxylic acids is 2. The lowest BCUT2D eigenvalue weighted by Gasteiger charge is -2.36. The third-order valence-electron chi connectivity index (χ3n) is 6.04. The Kier molecular flexibility index (Phi) is 11.8. The Morgan fingerprint density at radius 1 is 1.10 bits per heavy atom. The highest BCUT2D eigenvalue weighted by molar-refractivity contribution is 6.36. The molecule has 3 aromatic rings. The zero-order valence-electron chi connectivity index (χ0n) is 21.8. The van der Waals surface area contributed by atoms with Crippen molar-refractivity contribution in [3.05, 3.63) is 75.1 Å². The summed E-state index contributed by atoms with van der Waals surface area (Å²) in [7, 11) is 0. The molecule has 0 aliphatic carbocycles. The van der Waals surface area contributed by atoms with Gasteiger partial charge in [0.1, 0.15) is 11.9 Å². The highest BCUT2D eigenvalue weighted by atomic mass is 35.5. The van der Waals surface area contributed by atoms with Crippen LogP contribution in [0.5, 0.6) is 5.75 Å². The number of nitrogen functional groups attached to an aromatic ring is 1. The van der Waals surface area contributed by atoms with Crippen molar-refractivity contribution in [2.75, 3.05) is 24.1 Å². The second kappa shape index (κ2) is 14.1. The van der Waals surface area contributed by atoms with Crippen molar-refractivity contribution in [2.24, 2.45) is 0 Å². The highest BCUT2D eigenvalue weighted by Gasteiger charge is 2.26. The minimum absolute atomic E-state index is 0. The molecule has 0 bridgehead atoms. The SMILES string of the molecule is CC1CN(C(=O)c2ccc(NC(=O)c3cc(OC(C)c4c(Cl)ccc(F)c4Cl)c(N)nn3)cc2)CC(C)N1.Cl.Cl. The number of carbonyl (C=O) groups is 2. The van der Waals surface area contributed by atoms with E-state index in [4.69, 9.17) is 33.7 Å². The molecule has 1 saturated heterocycles. The Morgan fingerprint density at radius 2 is 1.73 bits per heavy atom. The molecule has 2 heterocycles. The molecule has 2 aromatic carbocycles. The van der Waals surface area contributed by atoms with E-state index in [1.165, 1.54) is 12.1 Å². The molecule has 3 unspecified atom stereocenters. The second-order valence-electron chi connectivity index (χ2n) is 9.21. The number of nitrogens with one attached hydrogen (secondary N) is 2. The summed E-state index contributed by atoms with van der Waals surface area (Å²) in [4.78, 5) is 27.6. The number of rotatable bonds is 6. The first kappa shape index (κ1) is 33.3. The number of ether oxygens (including phenoxy) is 1. The van der Waals surface area contributed by atoms with Crippen LogP contribution in [0.15, 0.2) is 42.5 Å². The molecule has 1 aromatic heterocycles. The number of benzene rings is 2. The summed E-state index contributed by atoms with van der Waals surface area (Å²) >= 11 is 12.3. The van der Waals surface area contributed by atoms with E-state index < -0.39 is 17.8 Å². The lowest BCUT2D eigenvalue weighted by Crippen LogP contribution is -2.55. The summed E-state index contributed by atoms with van der Waals surface area (Å²) in [6.45, 7) is 6.93. The van der Waals surface area contributed by atoms with Gasteiger partial charge in [0.25, 0.3) is 11.8 Å². The quantitative estimate of drug-likeness (QED) is 0.304. The maximum atomic E-state index is 13.9. The Labute approximate surface area is 253 Å². The molecular formula is C26H29Cl4FN6O3. The molecule has 14 heteroatoms. The zero-order chi connectivity index (χ0) is 27.6. The van der Waals surface area contributed by atoms with E-state index in [2.05, 4.69) is 20.8 Å². The minimum Gasteiger partial charge on any atom is -0.482 e. The molecule has 0 saturated carbocycles. The topological polar surface area (TPSA) is 122 Å². The standard InChI is InChI=1S/C26H27Cl2FN6O3.2ClH/c1-13-11-35(12-14(2)31-13)26(37)16-4-6-17(7-5-16)32-25(36)20-10-21(24(30)34-33-20)38-15(3)22-18(27)8-9-19(29)23(22)28;;/h4-10,13-15,31H,11-12H2,1-3H3,(H2,30,34)(H,32,36);2*1H. The van der Waals surface area contributed by atoms with Crippen molar-refractivity contribution in [1.29, 1.82) is 0 Å². The zero-order valence-corrected chi connectivity index (χ0v) is 24.9. The molecule has 1 aliphatic rings. The molecular weight excluding hydrogens is 605 g/mol. The van der Waals surface area contributed by atoms with Crippen LogP contribution in [0.2, 0.25) is 10.0 Å². The van der Waals surface area contributed by atoms with Crippen LogP contribution in [-0.2, 0) is 0 Å². The largest absolute Gasteiger partial charge is 0.482 e. The van der Waals surface area contributed by atoms with E-state index in [1.54, 1.807) is 31.2 Å². The van der Waals surface area contributed by atoms with Crippen LogP contribution in [-0.4, -0.2) is 52.1 Å². The number of nitrogens with zero attached hydrogens (tertiary/aromatic N) is 3. The molecule has 4 rings (SSSR count). The van der Waals surface area contributed by atoms with Crippen LogP contribution >= 0.6 is 48.0 Å². The second-order valence-corrected chi connectivity index (χ2v) is 9.99. The molecule has 2 amide bonds. The first-order chi connectivity index (χ1) is 18.0. The number of hydrogen-bond donors (Lipinski definition) is 3. The molecule has 9 nitrogen and oxygen atoms in total.